The van der Waals surface area contributed by atoms with E-state index in [0.717, 1.165) is 10.8 Å². The number of carbonyl (C=O) groups is 1. The molecule has 0 aromatic heterocycles. The highest BCUT2D eigenvalue weighted by Gasteiger charge is 2.12. The Kier molecular flexibility index (Phi) is 4.45. The lowest BCUT2D eigenvalue weighted by atomic mass is 10.1. The van der Waals surface area contributed by atoms with Crippen molar-refractivity contribution in [3.63, 3.8) is 0 Å². The number of rotatable bonds is 5. The molecule has 0 fully saturated rings. The van der Waals surface area contributed by atoms with Crippen LogP contribution in [-0.4, -0.2) is 35.6 Å². The molecule has 4 heteroatoms. The number of likely N-dealkylation sites (N-methyl/N-ethyl adjacent to an activating group) is 1. The molecule has 0 radical (unpaired) electrons. The largest absolute Gasteiger partial charge is 0.504 e. The van der Waals surface area contributed by atoms with Gasteiger partial charge in [0.05, 0.1) is 0 Å². The molecular formula is C16H19NO3. The van der Waals surface area contributed by atoms with Gasteiger partial charge in [-0.3, -0.25) is 4.79 Å². The lowest BCUT2D eigenvalue weighted by molar-refractivity contribution is -0.132. The molecule has 0 aliphatic carbocycles. The zero-order valence-electron chi connectivity index (χ0n) is 11.8. The van der Waals surface area contributed by atoms with Crippen molar-refractivity contribution in [1.82, 2.24) is 4.90 Å². The molecule has 106 valence electrons. The summed E-state index contributed by atoms with van der Waals surface area (Å²) in [6.45, 7) is 5.10. The first-order valence-corrected chi connectivity index (χ1v) is 6.78. The van der Waals surface area contributed by atoms with Crippen LogP contribution in [-0.2, 0) is 4.79 Å². The van der Waals surface area contributed by atoms with Crippen molar-refractivity contribution in [2.45, 2.75) is 13.8 Å². The highest BCUT2D eigenvalue weighted by Crippen LogP contribution is 2.31. The number of aromatic hydroxyl groups is 1. The van der Waals surface area contributed by atoms with Crippen LogP contribution >= 0.6 is 0 Å². The van der Waals surface area contributed by atoms with Gasteiger partial charge in [-0.2, -0.15) is 0 Å². The predicted molar refractivity (Wildman–Crippen MR) is 79.0 cm³/mol. The van der Waals surface area contributed by atoms with Crippen molar-refractivity contribution in [2.75, 3.05) is 19.7 Å². The summed E-state index contributed by atoms with van der Waals surface area (Å²) in [4.78, 5) is 13.6. The molecule has 0 spiro atoms. The van der Waals surface area contributed by atoms with E-state index in [9.17, 15) is 9.90 Å². The number of fused-ring (bicyclic) bond motifs is 1. The zero-order chi connectivity index (χ0) is 14.5. The van der Waals surface area contributed by atoms with E-state index >= 15 is 0 Å². The monoisotopic (exact) mass is 273 g/mol. The summed E-state index contributed by atoms with van der Waals surface area (Å²) in [5.74, 6) is 0.308. The molecule has 0 aliphatic rings. The molecule has 1 N–H and O–H groups in total. The maximum atomic E-state index is 11.9. The fourth-order valence-corrected chi connectivity index (χ4v) is 2.13. The molecule has 2 aromatic rings. The highest BCUT2D eigenvalue weighted by molar-refractivity contribution is 5.86. The topological polar surface area (TPSA) is 49.8 Å². The second-order valence-electron chi connectivity index (χ2n) is 4.52. The molecular weight excluding hydrogens is 254 g/mol. The lowest BCUT2D eigenvalue weighted by Crippen LogP contribution is -2.34. The molecule has 0 aliphatic heterocycles. The predicted octanol–water partition coefficient (Wildman–Crippen LogP) is 2.79. The average Bonchev–Trinajstić information content (AvgIpc) is 2.46. The fraction of sp³-hybridized carbons (Fsp3) is 0.312. The summed E-state index contributed by atoms with van der Waals surface area (Å²) >= 11 is 0. The van der Waals surface area contributed by atoms with E-state index < -0.39 is 0 Å². The van der Waals surface area contributed by atoms with Crippen LogP contribution in [0.5, 0.6) is 11.5 Å². The van der Waals surface area contributed by atoms with E-state index in [1.807, 2.05) is 38.1 Å². The number of benzene rings is 2. The summed E-state index contributed by atoms with van der Waals surface area (Å²) in [5, 5.41) is 11.8. The Morgan fingerprint density at radius 2 is 1.75 bits per heavy atom. The first-order valence-electron chi connectivity index (χ1n) is 6.78. The van der Waals surface area contributed by atoms with Crippen LogP contribution in [0.2, 0.25) is 0 Å². The van der Waals surface area contributed by atoms with Crippen molar-refractivity contribution >= 4 is 16.7 Å². The molecule has 0 heterocycles. The van der Waals surface area contributed by atoms with Crippen molar-refractivity contribution in [1.29, 1.82) is 0 Å². The zero-order valence-corrected chi connectivity index (χ0v) is 11.8. The van der Waals surface area contributed by atoms with Gasteiger partial charge < -0.3 is 14.7 Å². The van der Waals surface area contributed by atoms with Gasteiger partial charge in [-0.15, -0.1) is 0 Å². The van der Waals surface area contributed by atoms with Crippen LogP contribution in [0.1, 0.15) is 13.8 Å². The molecule has 0 atom stereocenters. The van der Waals surface area contributed by atoms with E-state index in [1.54, 1.807) is 17.0 Å². The van der Waals surface area contributed by atoms with Crippen molar-refractivity contribution in [2.24, 2.45) is 0 Å². The van der Waals surface area contributed by atoms with Gasteiger partial charge >= 0.3 is 0 Å². The minimum absolute atomic E-state index is 0.0519. The van der Waals surface area contributed by atoms with Crippen LogP contribution in [0, 0.1) is 0 Å². The fourth-order valence-electron chi connectivity index (χ4n) is 2.13. The Morgan fingerprint density at radius 1 is 1.15 bits per heavy atom. The van der Waals surface area contributed by atoms with E-state index in [-0.39, 0.29) is 18.3 Å². The first-order chi connectivity index (χ1) is 9.65. The summed E-state index contributed by atoms with van der Waals surface area (Å²) in [6, 6.07) is 11.1. The number of amides is 1. The van der Waals surface area contributed by atoms with Gasteiger partial charge in [0, 0.05) is 13.1 Å². The summed E-state index contributed by atoms with van der Waals surface area (Å²) < 4.78 is 5.45. The standard InChI is InChI=1S/C16H19NO3/c1-3-17(4-2)16(19)11-20-15-10-13-8-6-5-7-12(13)9-14(15)18/h5-10,18H,3-4,11H2,1-2H3. The molecule has 4 nitrogen and oxygen atoms in total. The number of carbonyl (C=O) groups excluding carboxylic acids is 1. The summed E-state index contributed by atoms with van der Waals surface area (Å²) in [6.07, 6.45) is 0. The SMILES string of the molecule is CCN(CC)C(=O)COc1cc2ccccc2cc1O. The maximum absolute atomic E-state index is 11.9. The Bertz CT molecular complexity index is 606. The Morgan fingerprint density at radius 3 is 2.35 bits per heavy atom. The number of hydrogen-bond acceptors (Lipinski definition) is 3. The van der Waals surface area contributed by atoms with Gasteiger partial charge in [0.2, 0.25) is 0 Å². The second-order valence-corrected chi connectivity index (χ2v) is 4.52. The number of phenols is 1. The van der Waals surface area contributed by atoms with Crippen LogP contribution in [0.4, 0.5) is 0 Å². The average molecular weight is 273 g/mol. The normalized spacial score (nSPS) is 10.5. The van der Waals surface area contributed by atoms with Crippen molar-refractivity contribution in [3.8, 4) is 11.5 Å². The van der Waals surface area contributed by atoms with Gasteiger partial charge in [0.1, 0.15) is 0 Å². The molecule has 2 aromatic carbocycles. The van der Waals surface area contributed by atoms with Crippen LogP contribution < -0.4 is 4.74 Å². The van der Waals surface area contributed by atoms with Crippen LogP contribution in [0.3, 0.4) is 0 Å². The van der Waals surface area contributed by atoms with E-state index in [1.165, 1.54) is 0 Å². The Balaban J connectivity index is 2.13. The molecule has 1 amide bonds. The van der Waals surface area contributed by atoms with Crippen LogP contribution in [0.25, 0.3) is 10.8 Å². The second kappa shape index (κ2) is 6.28. The minimum Gasteiger partial charge on any atom is -0.504 e. The third-order valence-electron chi connectivity index (χ3n) is 3.29. The number of hydrogen-bond donors (Lipinski definition) is 1. The molecule has 0 saturated carbocycles. The van der Waals surface area contributed by atoms with E-state index in [4.69, 9.17) is 4.74 Å². The van der Waals surface area contributed by atoms with Gasteiger partial charge in [-0.1, -0.05) is 24.3 Å². The quantitative estimate of drug-likeness (QED) is 0.911. The number of phenolic OH excluding ortho intramolecular Hbond substituents is 1. The van der Waals surface area contributed by atoms with E-state index in [2.05, 4.69) is 0 Å². The Hall–Kier alpha value is -2.23. The van der Waals surface area contributed by atoms with Crippen molar-refractivity contribution < 1.29 is 14.6 Å². The van der Waals surface area contributed by atoms with Gasteiger partial charge in [0.15, 0.2) is 18.1 Å². The van der Waals surface area contributed by atoms with E-state index in [0.29, 0.717) is 18.8 Å². The highest BCUT2D eigenvalue weighted by atomic mass is 16.5. The van der Waals surface area contributed by atoms with Gasteiger partial charge in [-0.05, 0) is 36.8 Å². The first kappa shape index (κ1) is 14.2. The van der Waals surface area contributed by atoms with Gasteiger partial charge in [0.25, 0.3) is 5.91 Å². The number of nitrogens with zero attached hydrogens (tertiary/aromatic N) is 1. The number of ether oxygens (including phenoxy) is 1. The summed E-state index contributed by atoms with van der Waals surface area (Å²) in [5.41, 5.74) is 0. The van der Waals surface area contributed by atoms with Gasteiger partial charge in [-0.25, -0.2) is 0 Å². The molecule has 0 unspecified atom stereocenters. The molecule has 2 rings (SSSR count). The third-order valence-corrected chi connectivity index (χ3v) is 3.29. The minimum atomic E-state index is -0.0810. The lowest BCUT2D eigenvalue weighted by Gasteiger charge is -2.19. The molecule has 0 bridgehead atoms. The summed E-state index contributed by atoms with van der Waals surface area (Å²) in [7, 11) is 0. The molecule has 20 heavy (non-hydrogen) atoms. The maximum Gasteiger partial charge on any atom is 0.260 e. The smallest absolute Gasteiger partial charge is 0.260 e. The van der Waals surface area contributed by atoms with Crippen molar-refractivity contribution in [3.05, 3.63) is 36.4 Å². The Labute approximate surface area is 118 Å². The third kappa shape index (κ3) is 3.02. The van der Waals surface area contributed by atoms with Crippen LogP contribution in [0.15, 0.2) is 36.4 Å². The molecule has 0 saturated heterocycles.